The summed E-state index contributed by atoms with van der Waals surface area (Å²) in [6, 6.07) is 0. The Balaban J connectivity index is 2.35. The monoisotopic (exact) mass is 194 g/mol. The lowest BCUT2D eigenvalue weighted by atomic mass is 9.75. The first-order valence-corrected chi connectivity index (χ1v) is 5.78. The van der Waals surface area contributed by atoms with Crippen LogP contribution in [0.1, 0.15) is 46.0 Å². The van der Waals surface area contributed by atoms with E-state index in [0.717, 1.165) is 24.7 Å². The summed E-state index contributed by atoms with van der Waals surface area (Å²) < 4.78 is 0. The molecule has 1 heteroatoms. The molecule has 1 saturated carbocycles. The zero-order valence-electron chi connectivity index (χ0n) is 9.46. The van der Waals surface area contributed by atoms with Gasteiger partial charge < -0.3 is 0 Å². The minimum Gasteiger partial charge on any atom is -0.299 e. The summed E-state index contributed by atoms with van der Waals surface area (Å²) >= 11 is 0. The highest BCUT2D eigenvalue weighted by Gasteiger charge is 2.26. The van der Waals surface area contributed by atoms with Crippen LogP contribution in [0.4, 0.5) is 0 Å². The van der Waals surface area contributed by atoms with E-state index in [2.05, 4.69) is 20.4 Å². The van der Waals surface area contributed by atoms with Gasteiger partial charge in [-0.2, -0.15) is 0 Å². The molecule has 1 aliphatic rings. The lowest BCUT2D eigenvalue weighted by Gasteiger charge is -2.29. The van der Waals surface area contributed by atoms with Gasteiger partial charge in [-0.15, -0.1) is 6.58 Å². The molecular formula is C13H22O. The highest BCUT2D eigenvalue weighted by Crippen LogP contribution is 2.33. The first-order chi connectivity index (χ1) is 6.65. The third kappa shape index (κ3) is 2.97. The van der Waals surface area contributed by atoms with Crippen LogP contribution in [-0.4, -0.2) is 5.78 Å². The maximum absolute atomic E-state index is 11.6. The largest absolute Gasteiger partial charge is 0.299 e. The van der Waals surface area contributed by atoms with Gasteiger partial charge >= 0.3 is 0 Å². The van der Waals surface area contributed by atoms with E-state index in [4.69, 9.17) is 0 Å². The molecule has 0 amide bonds. The van der Waals surface area contributed by atoms with E-state index in [1.165, 1.54) is 12.8 Å². The Hall–Kier alpha value is -0.590. The second kappa shape index (κ2) is 5.33. The molecule has 1 aliphatic carbocycles. The van der Waals surface area contributed by atoms with Crippen LogP contribution in [-0.2, 0) is 4.79 Å². The van der Waals surface area contributed by atoms with Gasteiger partial charge in [-0.05, 0) is 37.5 Å². The van der Waals surface area contributed by atoms with Gasteiger partial charge in [0.1, 0.15) is 5.78 Å². The molecule has 1 rings (SSSR count). The van der Waals surface area contributed by atoms with Crippen molar-refractivity contribution in [2.24, 2.45) is 17.8 Å². The van der Waals surface area contributed by atoms with Crippen LogP contribution in [0.2, 0.25) is 0 Å². The number of rotatable bonds is 4. The van der Waals surface area contributed by atoms with Gasteiger partial charge in [-0.3, -0.25) is 4.79 Å². The smallest absolute Gasteiger partial charge is 0.139 e. The van der Waals surface area contributed by atoms with Crippen molar-refractivity contribution in [2.75, 3.05) is 0 Å². The maximum Gasteiger partial charge on any atom is 0.139 e. The quantitative estimate of drug-likeness (QED) is 0.625. The molecule has 0 aliphatic heterocycles. The maximum atomic E-state index is 11.6. The predicted octanol–water partition coefficient (Wildman–Crippen LogP) is 3.59. The van der Waals surface area contributed by atoms with Crippen LogP contribution in [0.5, 0.6) is 0 Å². The van der Waals surface area contributed by atoms with Crippen LogP contribution in [0.15, 0.2) is 12.7 Å². The van der Waals surface area contributed by atoms with Gasteiger partial charge in [0.25, 0.3) is 0 Å². The van der Waals surface area contributed by atoms with Gasteiger partial charge in [0.05, 0.1) is 0 Å². The highest BCUT2D eigenvalue weighted by atomic mass is 16.1. The Morgan fingerprint density at radius 3 is 2.36 bits per heavy atom. The van der Waals surface area contributed by atoms with Crippen molar-refractivity contribution in [3.05, 3.63) is 12.7 Å². The number of hydrogen-bond donors (Lipinski definition) is 0. The molecule has 0 aromatic rings. The zero-order valence-corrected chi connectivity index (χ0v) is 9.46. The molecule has 0 bridgehead atoms. The summed E-state index contributed by atoms with van der Waals surface area (Å²) in [5, 5.41) is 0. The summed E-state index contributed by atoms with van der Waals surface area (Å²) in [6.45, 7) is 8.19. The Morgan fingerprint density at radius 1 is 1.36 bits per heavy atom. The fourth-order valence-corrected chi connectivity index (χ4v) is 2.42. The Labute approximate surface area is 87.6 Å². The molecule has 14 heavy (non-hydrogen) atoms. The Bertz CT molecular complexity index is 197. The Kier molecular flexibility index (Phi) is 4.37. The van der Waals surface area contributed by atoms with Crippen molar-refractivity contribution in [1.29, 1.82) is 0 Å². The van der Waals surface area contributed by atoms with E-state index in [1.807, 2.05) is 0 Å². The molecule has 0 aromatic carbocycles. The average Bonchev–Trinajstić information content (AvgIpc) is 2.18. The molecule has 0 N–H and O–H groups in total. The van der Waals surface area contributed by atoms with Gasteiger partial charge in [-0.25, -0.2) is 0 Å². The number of ketones is 1. The molecule has 1 fully saturated rings. The third-order valence-corrected chi connectivity index (χ3v) is 3.52. The van der Waals surface area contributed by atoms with E-state index >= 15 is 0 Å². The van der Waals surface area contributed by atoms with Crippen LogP contribution in [0.3, 0.4) is 0 Å². The zero-order chi connectivity index (χ0) is 10.6. The van der Waals surface area contributed by atoms with Crippen LogP contribution >= 0.6 is 0 Å². The van der Waals surface area contributed by atoms with Crippen molar-refractivity contribution >= 4 is 5.78 Å². The van der Waals surface area contributed by atoms with Crippen LogP contribution in [0.25, 0.3) is 0 Å². The fraction of sp³-hybridized carbons (Fsp3) is 0.769. The van der Waals surface area contributed by atoms with E-state index in [0.29, 0.717) is 18.1 Å². The molecule has 0 radical (unpaired) electrons. The fourth-order valence-electron chi connectivity index (χ4n) is 2.42. The summed E-state index contributed by atoms with van der Waals surface area (Å²) in [5.74, 6) is 2.37. The van der Waals surface area contributed by atoms with Crippen molar-refractivity contribution < 1.29 is 4.79 Å². The number of hydrogen-bond acceptors (Lipinski definition) is 1. The molecule has 0 aromatic heterocycles. The van der Waals surface area contributed by atoms with E-state index in [9.17, 15) is 4.79 Å². The number of allylic oxidation sites excluding steroid dienone is 1. The van der Waals surface area contributed by atoms with Gasteiger partial charge in [-0.1, -0.05) is 19.9 Å². The topological polar surface area (TPSA) is 17.1 Å². The third-order valence-electron chi connectivity index (χ3n) is 3.52. The van der Waals surface area contributed by atoms with Crippen LogP contribution < -0.4 is 0 Å². The predicted molar refractivity (Wildman–Crippen MR) is 60.1 cm³/mol. The van der Waals surface area contributed by atoms with Crippen molar-refractivity contribution in [3.8, 4) is 0 Å². The first kappa shape index (κ1) is 11.5. The molecule has 0 spiro atoms. The lowest BCUT2D eigenvalue weighted by Crippen LogP contribution is -2.23. The minimum absolute atomic E-state index is 0.336. The van der Waals surface area contributed by atoms with Gasteiger partial charge in [0.15, 0.2) is 0 Å². The second-order valence-electron chi connectivity index (χ2n) is 4.81. The second-order valence-corrected chi connectivity index (χ2v) is 4.81. The SMILES string of the molecule is C=CCC(=O)C1CCC(C(C)C)CC1. The molecule has 0 unspecified atom stereocenters. The molecule has 0 atom stereocenters. The molecule has 80 valence electrons. The van der Waals surface area contributed by atoms with Gasteiger partial charge in [0.2, 0.25) is 0 Å². The summed E-state index contributed by atoms with van der Waals surface area (Å²) in [7, 11) is 0. The van der Waals surface area contributed by atoms with Crippen molar-refractivity contribution in [3.63, 3.8) is 0 Å². The Morgan fingerprint density at radius 2 is 1.93 bits per heavy atom. The standard InChI is InChI=1S/C13H22O/c1-4-5-13(14)12-8-6-11(7-9-12)10(2)3/h4,10-12H,1,5-9H2,2-3H3. The van der Waals surface area contributed by atoms with Crippen molar-refractivity contribution in [1.82, 2.24) is 0 Å². The van der Waals surface area contributed by atoms with Crippen molar-refractivity contribution in [2.45, 2.75) is 46.0 Å². The summed E-state index contributed by atoms with van der Waals surface area (Å²) in [6.07, 6.45) is 7.00. The van der Waals surface area contributed by atoms with E-state index in [1.54, 1.807) is 6.08 Å². The first-order valence-electron chi connectivity index (χ1n) is 5.78. The summed E-state index contributed by atoms with van der Waals surface area (Å²) in [5.41, 5.74) is 0. The molecular weight excluding hydrogens is 172 g/mol. The normalized spacial score (nSPS) is 27.6. The number of carbonyl (C=O) groups excluding carboxylic acids is 1. The molecule has 0 heterocycles. The highest BCUT2D eigenvalue weighted by molar-refractivity contribution is 5.82. The van der Waals surface area contributed by atoms with Crippen LogP contribution in [0, 0.1) is 17.8 Å². The molecule has 0 saturated heterocycles. The number of carbonyl (C=O) groups is 1. The van der Waals surface area contributed by atoms with Gasteiger partial charge in [0, 0.05) is 12.3 Å². The van der Waals surface area contributed by atoms with E-state index < -0.39 is 0 Å². The number of Topliss-reactive ketones (excluding diaryl/α,β-unsaturated/α-hetero) is 1. The summed E-state index contributed by atoms with van der Waals surface area (Å²) in [4.78, 5) is 11.6. The van der Waals surface area contributed by atoms with E-state index in [-0.39, 0.29) is 0 Å². The minimum atomic E-state index is 0.336. The lowest BCUT2D eigenvalue weighted by molar-refractivity contribution is -0.123. The molecule has 1 nitrogen and oxygen atoms in total. The average molecular weight is 194 g/mol.